The van der Waals surface area contributed by atoms with Crippen molar-refractivity contribution in [1.82, 2.24) is 0 Å². The van der Waals surface area contributed by atoms with Crippen LogP contribution in [0.4, 0.5) is 17.6 Å². The van der Waals surface area contributed by atoms with E-state index >= 15 is 0 Å². The number of hydrogen-bond donors (Lipinski definition) is 0. The maximum Gasteiger partial charge on any atom is 2.00 e. The van der Waals surface area contributed by atoms with E-state index in [0.29, 0.717) is 5.56 Å². The van der Waals surface area contributed by atoms with E-state index in [1.165, 1.54) is 24.3 Å². The molecule has 0 atom stereocenters. The maximum atomic E-state index is 12.7. The van der Waals surface area contributed by atoms with Gasteiger partial charge in [-0.3, -0.25) is 0 Å². The third kappa shape index (κ3) is 4.37. The van der Waals surface area contributed by atoms with E-state index < -0.39 is 17.6 Å². The molecule has 0 bridgehead atoms. The molecule has 19 heavy (non-hydrogen) atoms. The van der Waals surface area contributed by atoms with Crippen molar-refractivity contribution in [3.8, 4) is 11.1 Å². The second kappa shape index (κ2) is 7.12. The molecular formula is C13H7ClF4Mg. The van der Waals surface area contributed by atoms with Gasteiger partial charge in [0.15, 0.2) is 0 Å². The molecule has 0 spiro atoms. The summed E-state index contributed by atoms with van der Waals surface area (Å²) in [4.78, 5) is 0. The number of alkyl halides is 3. The first kappa shape index (κ1) is 18.2. The Balaban J connectivity index is 0.00000162. The summed E-state index contributed by atoms with van der Waals surface area (Å²) in [5, 5.41) is 0. The van der Waals surface area contributed by atoms with Crippen molar-refractivity contribution >= 4 is 23.1 Å². The Morgan fingerprint density at radius 3 is 2.05 bits per heavy atom. The smallest absolute Gasteiger partial charge is 1.00 e. The average molecular weight is 299 g/mol. The fourth-order valence-corrected chi connectivity index (χ4v) is 1.55. The topological polar surface area (TPSA) is 0 Å². The fraction of sp³-hybridized carbons (Fsp3) is 0.0769. The van der Waals surface area contributed by atoms with Crippen molar-refractivity contribution in [3.63, 3.8) is 0 Å². The maximum absolute atomic E-state index is 12.7. The standard InChI is InChI=1S/C13H7F4.ClH.Mg/c14-10-7-5-9(6-8-10)11-3-1-2-4-12(11)13(15,16)17;;/h1,3-8H;1H;/q-1;;+2/p-1. The van der Waals surface area contributed by atoms with Crippen molar-refractivity contribution in [2.24, 2.45) is 0 Å². The van der Waals surface area contributed by atoms with Crippen LogP contribution in [0.25, 0.3) is 11.1 Å². The SMILES string of the molecule is Fc1ccc(-c2cc[c-]cc2C(F)(F)F)cc1.[Cl-].[Mg+2]. The first-order chi connectivity index (χ1) is 7.98. The number of hydrogen-bond acceptors (Lipinski definition) is 0. The van der Waals surface area contributed by atoms with E-state index in [1.807, 2.05) is 0 Å². The Kier molecular flexibility index (Phi) is 6.83. The molecule has 2 rings (SSSR count). The molecule has 0 radical (unpaired) electrons. The van der Waals surface area contributed by atoms with Gasteiger partial charge in [-0.1, -0.05) is 12.1 Å². The Morgan fingerprint density at radius 2 is 1.53 bits per heavy atom. The summed E-state index contributed by atoms with van der Waals surface area (Å²) in [7, 11) is 0. The van der Waals surface area contributed by atoms with Crippen LogP contribution < -0.4 is 12.4 Å². The molecule has 0 N–H and O–H groups in total. The Bertz CT molecular complexity index is 523. The summed E-state index contributed by atoms with van der Waals surface area (Å²) in [5.74, 6) is -0.482. The van der Waals surface area contributed by atoms with E-state index in [-0.39, 0.29) is 41.0 Å². The van der Waals surface area contributed by atoms with Crippen LogP contribution in [0.15, 0.2) is 42.5 Å². The van der Waals surface area contributed by atoms with Gasteiger partial charge in [-0.2, -0.15) is 37.4 Å². The second-order valence-electron chi connectivity index (χ2n) is 3.48. The van der Waals surface area contributed by atoms with Gasteiger partial charge in [0.1, 0.15) is 5.82 Å². The summed E-state index contributed by atoms with van der Waals surface area (Å²) < 4.78 is 50.9. The van der Waals surface area contributed by atoms with Gasteiger partial charge in [-0.05, 0) is 23.3 Å². The first-order valence-corrected chi connectivity index (χ1v) is 4.82. The minimum atomic E-state index is -4.44. The van der Waals surface area contributed by atoms with Crippen LogP contribution in [-0.4, -0.2) is 23.1 Å². The molecule has 0 nitrogen and oxygen atoms in total. The van der Waals surface area contributed by atoms with Gasteiger partial charge in [0.25, 0.3) is 0 Å². The zero-order chi connectivity index (χ0) is 12.5. The molecule has 2 aromatic carbocycles. The van der Waals surface area contributed by atoms with Gasteiger partial charge in [0.2, 0.25) is 0 Å². The van der Waals surface area contributed by atoms with Crippen LogP contribution in [0.5, 0.6) is 0 Å². The molecule has 0 fully saturated rings. The van der Waals surface area contributed by atoms with Crippen LogP contribution in [0.1, 0.15) is 5.56 Å². The van der Waals surface area contributed by atoms with E-state index in [2.05, 4.69) is 6.07 Å². The predicted molar refractivity (Wildman–Crippen MR) is 61.4 cm³/mol. The first-order valence-electron chi connectivity index (χ1n) is 4.82. The van der Waals surface area contributed by atoms with Crippen LogP contribution in [0.3, 0.4) is 0 Å². The molecule has 0 aliphatic carbocycles. The van der Waals surface area contributed by atoms with E-state index in [9.17, 15) is 17.6 Å². The quantitative estimate of drug-likeness (QED) is 0.418. The van der Waals surface area contributed by atoms with E-state index in [1.54, 1.807) is 0 Å². The summed E-state index contributed by atoms with van der Waals surface area (Å²) in [5.41, 5.74) is -0.421. The zero-order valence-electron chi connectivity index (χ0n) is 9.64. The van der Waals surface area contributed by atoms with Gasteiger partial charge in [0.05, 0.1) is 0 Å². The molecule has 0 aromatic heterocycles. The van der Waals surface area contributed by atoms with Crippen LogP contribution in [0.2, 0.25) is 0 Å². The van der Waals surface area contributed by atoms with Crippen LogP contribution >= 0.6 is 0 Å². The fourth-order valence-electron chi connectivity index (χ4n) is 1.55. The summed E-state index contributed by atoms with van der Waals surface area (Å²) >= 11 is 0. The molecule has 0 unspecified atom stereocenters. The third-order valence-electron chi connectivity index (χ3n) is 2.32. The predicted octanol–water partition coefficient (Wildman–Crippen LogP) is 0.935. The normalized spacial score (nSPS) is 10.3. The zero-order valence-corrected chi connectivity index (χ0v) is 11.8. The number of halogens is 5. The van der Waals surface area contributed by atoms with Crippen molar-refractivity contribution in [2.45, 2.75) is 6.18 Å². The Labute approximate surface area is 130 Å². The monoisotopic (exact) mass is 298 g/mol. The van der Waals surface area contributed by atoms with Crippen LogP contribution in [-0.2, 0) is 6.18 Å². The van der Waals surface area contributed by atoms with E-state index in [4.69, 9.17) is 0 Å². The van der Waals surface area contributed by atoms with Crippen molar-refractivity contribution < 1.29 is 30.0 Å². The van der Waals surface area contributed by atoms with Crippen LogP contribution in [0, 0.1) is 11.9 Å². The molecule has 96 valence electrons. The molecular weight excluding hydrogens is 292 g/mol. The van der Waals surface area contributed by atoms with Gasteiger partial charge < -0.3 is 12.4 Å². The molecule has 0 aliphatic heterocycles. The molecule has 0 saturated carbocycles. The molecule has 0 amide bonds. The molecule has 0 saturated heterocycles. The number of benzene rings is 2. The number of rotatable bonds is 1. The van der Waals surface area contributed by atoms with Crippen molar-refractivity contribution in [1.29, 1.82) is 0 Å². The van der Waals surface area contributed by atoms with E-state index in [0.717, 1.165) is 18.2 Å². The molecule has 0 aliphatic rings. The van der Waals surface area contributed by atoms with Gasteiger partial charge >= 0.3 is 29.2 Å². The van der Waals surface area contributed by atoms with Crippen molar-refractivity contribution in [3.05, 3.63) is 59.9 Å². The van der Waals surface area contributed by atoms with Gasteiger partial charge in [-0.15, -0.1) is 5.56 Å². The second-order valence-corrected chi connectivity index (χ2v) is 3.48. The minimum absolute atomic E-state index is 0. The van der Waals surface area contributed by atoms with Gasteiger partial charge in [0, 0.05) is 0 Å². The average Bonchev–Trinajstić information content (AvgIpc) is 2.29. The Morgan fingerprint density at radius 1 is 0.947 bits per heavy atom. The summed E-state index contributed by atoms with van der Waals surface area (Å²) in [6.07, 6.45) is -4.44. The van der Waals surface area contributed by atoms with Crippen molar-refractivity contribution in [2.75, 3.05) is 0 Å². The minimum Gasteiger partial charge on any atom is -1.00 e. The molecule has 0 heterocycles. The Hall–Kier alpha value is -0.784. The largest absolute Gasteiger partial charge is 2.00 e. The summed E-state index contributed by atoms with van der Waals surface area (Å²) in [6, 6.07) is 10.9. The molecule has 2 aromatic rings. The molecule has 6 heteroatoms. The van der Waals surface area contributed by atoms with Gasteiger partial charge in [-0.25, -0.2) is 4.39 Å². The summed E-state index contributed by atoms with van der Waals surface area (Å²) in [6.45, 7) is 0. The third-order valence-corrected chi connectivity index (χ3v) is 2.32.